The summed E-state index contributed by atoms with van der Waals surface area (Å²) in [6, 6.07) is -1.26. The lowest BCUT2D eigenvalue weighted by atomic mass is 9.92. The number of aromatic nitrogens is 4. The molecule has 10 heteroatoms. The fourth-order valence-corrected chi connectivity index (χ4v) is 2.69. The summed E-state index contributed by atoms with van der Waals surface area (Å²) >= 11 is 0. The molecule has 3 heterocycles. The van der Waals surface area contributed by atoms with E-state index >= 15 is 0 Å². The molecule has 2 aromatic heterocycles. The maximum atomic E-state index is 11.2. The molecule has 0 radical (unpaired) electrons. The molecule has 1 fully saturated rings. The second-order valence-electron chi connectivity index (χ2n) is 5.05. The van der Waals surface area contributed by atoms with E-state index in [-0.39, 0.29) is 5.95 Å². The van der Waals surface area contributed by atoms with Crippen LogP contribution in [0.5, 0.6) is 0 Å². The molecule has 0 spiro atoms. The Morgan fingerprint density at radius 1 is 1.57 bits per heavy atom. The lowest BCUT2D eigenvalue weighted by Crippen LogP contribution is -2.44. The van der Waals surface area contributed by atoms with Crippen LogP contribution in [0.4, 0.5) is 5.95 Å². The van der Waals surface area contributed by atoms with Gasteiger partial charge in [0.05, 0.1) is 19.1 Å². The predicted octanol–water partition coefficient (Wildman–Crippen LogP) is -0.812. The van der Waals surface area contributed by atoms with Crippen molar-refractivity contribution in [1.29, 1.82) is 0 Å². The van der Waals surface area contributed by atoms with Crippen molar-refractivity contribution in [3.05, 3.63) is 17.4 Å². The molecule has 0 amide bonds. The lowest BCUT2D eigenvalue weighted by Gasteiger charge is -2.25. The van der Waals surface area contributed by atoms with Gasteiger partial charge in [-0.15, -0.1) is 5.92 Å². The van der Waals surface area contributed by atoms with Crippen molar-refractivity contribution in [3.8, 4) is 11.8 Å². The Kier molecular flexibility index (Phi) is 3.69. The van der Waals surface area contributed by atoms with Crippen molar-refractivity contribution >= 4 is 17.1 Å². The summed E-state index contributed by atoms with van der Waals surface area (Å²) in [5.74, 6) is 5.13. The van der Waals surface area contributed by atoms with Crippen molar-refractivity contribution in [3.63, 3.8) is 0 Å². The Labute approximate surface area is 130 Å². The van der Waals surface area contributed by atoms with Crippen LogP contribution in [-0.2, 0) is 4.74 Å². The van der Waals surface area contributed by atoms with E-state index in [9.17, 15) is 15.1 Å². The van der Waals surface area contributed by atoms with Gasteiger partial charge in [0, 0.05) is 0 Å². The van der Waals surface area contributed by atoms with Crippen LogP contribution < -0.4 is 5.73 Å². The molecular weight excluding hydrogens is 304 g/mol. The summed E-state index contributed by atoms with van der Waals surface area (Å²) in [6.07, 6.45) is 0.661. The second-order valence-corrected chi connectivity index (χ2v) is 5.05. The third kappa shape index (κ3) is 2.22. The van der Waals surface area contributed by atoms with Crippen molar-refractivity contribution in [2.75, 3.05) is 12.3 Å². The zero-order valence-electron chi connectivity index (χ0n) is 12.1. The number of hydrogen-bond acceptors (Lipinski definition) is 9. The fraction of sp³-hybridized carbons (Fsp3) is 0.462. The average Bonchev–Trinajstić information content (AvgIpc) is 3.05. The SMILES string of the molecule is CC#C[C@@]1(O)C(N=O)[C@@H](CO)O[C@H]1n1cnc2cnc(N)nc21. The molecule has 1 aliphatic heterocycles. The Hall–Kier alpha value is -2.61. The quantitative estimate of drug-likeness (QED) is 0.491. The zero-order valence-corrected chi connectivity index (χ0v) is 12.1. The van der Waals surface area contributed by atoms with Crippen LogP contribution in [0.1, 0.15) is 13.2 Å². The summed E-state index contributed by atoms with van der Waals surface area (Å²) in [5, 5.41) is 23.2. The Morgan fingerprint density at radius 3 is 3.00 bits per heavy atom. The number of ether oxygens (including phenoxy) is 1. The first-order chi connectivity index (χ1) is 11.0. The molecule has 1 unspecified atom stereocenters. The molecule has 0 bridgehead atoms. The molecule has 23 heavy (non-hydrogen) atoms. The van der Waals surface area contributed by atoms with Crippen LogP contribution in [0.2, 0.25) is 0 Å². The Balaban J connectivity index is 2.17. The molecule has 2 aromatic rings. The van der Waals surface area contributed by atoms with E-state index in [1.807, 2.05) is 0 Å². The zero-order chi connectivity index (χ0) is 16.6. The number of nitroso groups, excluding NO2 is 1. The van der Waals surface area contributed by atoms with Crippen LogP contribution in [0.25, 0.3) is 11.2 Å². The maximum absolute atomic E-state index is 11.2. The van der Waals surface area contributed by atoms with Crippen molar-refractivity contribution in [2.45, 2.75) is 30.9 Å². The third-order valence-electron chi connectivity index (χ3n) is 3.69. The van der Waals surface area contributed by atoms with E-state index in [0.29, 0.717) is 11.2 Å². The summed E-state index contributed by atoms with van der Waals surface area (Å²) in [6.45, 7) is 1.01. The van der Waals surface area contributed by atoms with Gasteiger partial charge in [-0.2, -0.15) is 9.89 Å². The van der Waals surface area contributed by atoms with E-state index < -0.39 is 30.6 Å². The van der Waals surface area contributed by atoms with Gasteiger partial charge in [-0.3, -0.25) is 4.57 Å². The van der Waals surface area contributed by atoms with Gasteiger partial charge in [-0.1, -0.05) is 11.1 Å². The highest BCUT2D eigenvalue weighted by atomic mass is 16.6. The van der Waals surface area contributed by atoms with E-state index in [1.165, 1.54) is 24.0 Å². The highest BCUT2D eigenvalue weighted by Crippen LogP contribution is 2.40. The first-order valence-electron chi connectivity index (χ1n) is 6.75. The number of fused-ring (bicyclic) bond motifs is 1. The van der Waals surface area contributed by atoms with Crippen LogP contribution in [-0.4, -0.2) is 54.1 Å². The number of nitrogens with zero attached hydrogens (tertiary/aromatic N) is 5. The third-order valence-corrected chi connectivity index (χ3v) is 3.69. The highest BCUT2D eigenvalue weighted by Gasteiger charge is 2.57. The van der Waals surface area contributed by atoms with E-state index in [0.717, 1.165) is 0 Å². The lowest BCUT2D eigenvalue weighted by molar-refractivity contribution is -0.0700. The summed E-state index contributed by atoms with van der Waals surface area (Å²) in [5.41, 5.74) is 4.38. The second kappa shape index (κ2) is 5.54. The van der Waals surface area contributed by atoms with Crippen molar-refractivity contribution in [2.24, 2.45) is 5.18 Å². The maximum Gasteiger partial charge on any atom is 0.222 e. The molecular formula is C13H14N6O4. The van der Waals surface area contributed by atoms with Crippen molar-refractivity contribution in [1.82, 2.24) is 19.5 Å². The van der Waals surface area contributed by atoms with Crippen molar-refractivity contribution < 1.29 is 14.9 Å². The Morgan fingerprint density at radius 2 is 2.35 bits per heavy atom. The molecule has 1 saturated heterocycles. The number of nitrogen functional groups attached to an aromatic ring is 1. The smallest absolute Gasteiger partial charge is 0.222 e. The summed E-state index contributed by atoms with van der Waals surface area (Å²) in [4.78, 5) is 23.2. The van der Waals surface area contributed by atoms with Gasteiger partial charge in [0.1, 0.15) is 11.6 Å². The van der Waals surface area contributed by atoms with Crippen LogP contribution in [0.3, 0.4) is 0 Å². The first kappa shape index (κ1) is 15.3. The molecule has 0 aromatic carbocycles. The van der Waals surface area contributed by atoms with E-state index in [2.05, 4.69) is 32.0 Å². The molecule has 0 aliphatic carbocycles. The van der Waals surface area contributed by atoms with Gasteiger partial charge in [-0.25, -0.2) is 9.97 Å². The summed E-state index contributed by atoms with van der Waals surface area (Å²) < 4.78 is 6.99. The number of aliphatic hydroxyl groups excluding tert-OH is 1. The minimum Gasteiger partial charge on any atom is -0.394 e. The van der Waals surface area contributed by atoms with E-state index in [1.54, 1.807) is 0 Å². The van der Waals surface area contributed by atoms with Gasteiger partial charge in [0.15, 0.2) is 23.5 Å². The molecule has 0 saturated carbocycles. The number of hydrogen-bond donors (Lipinski definition) is 3. The number of rotatable bonds is 3. The molecule has 120 valence electrons. The number of nitrogens with two attached hydrogens (primary N) is 1. The van der Waals surface area contributed by atoms with E-state index in [4.69, 9.17) is 10.5 Å². The molecule has 10 nitrogen and oxygen atoms in total. The number of aliphatic hydroxyl groups is 2. The average molecular weight is 318 g/mol. The van der Waals surface area contributed by atoms with Gasteiger partial charge >= 0.3 is 0 Å². The normalized spacial score (nSPS) is 30.1. The van der Waals surface area contributed by atoms with Gasteiger partial charge < -0.3 is 20.7 Å². The molecule has 3 rings (SSSR count). The monoisotopic (exact) mass is 318 g/mol. The van der Waals surface area contributed by atoms with Crippen LogP contribution in [0.15, 0.2) is 17.7 Å². The Bertz CT molecular complexity index is 812. The summed E-state index contributed by atoms with van der Waals surface area (Å²) in [7, 11) is 0. The van der Waals surface area contributed by atoms with Gasteiger partial charge in [0.25, 0.3) is 0 Å². The standard InChI is InChI=1S/C13H14N6O4/c1-2-3-13(21)9(18-22)8(5-20)23-11(13)19-6-16-7-4-15-12(14)17-10(7)19/h4,6,8-9,11,20-21H,5H2,1H3,(H2,14,15,17)/t8-,9?,11-,13-/m1/s1. The molecule has 4 atom stereocenters. The number of anilines is 1. The molecule has 4 N–H and O–H groups in total. The van der Waals surface area contributed by atoms with Gasteiger partial charge in [0.2, 0.25) is 5.95 Å². The topological polar surface area (TPSA) is 149 Å². The number of imidazole rings is 1. The largest absolute Gasteiger partial charge is 0.394 e. The van der Waals surface area contributed by atoms with Crippen LogP contribution in [0, 0.1) is 16.7 Å². The van der Waals surface area contributed by atoms with Crippen LogP contribution >= 0.6 is 0 Å². The predicted molar refractivity (Wildman–Crippen MR) is 78.7 cm³/mol. The fourth-order valence-electron chi connectivity index (χ4n) is 2.69. The highest BCUT2D eigenvalue weighted by molar-refractivity contribution is 5.70. The first-order valence-corrected chi connectivity index (χ1v) is 6.75. The minimum atomic E-state index is -1.93. The molecule has 1 aliphatic rings. The minimum absolute atomic E-state index is 0.0196. The van der Waals surface area contributed by atoms with Gasteiger partial charge in [-0.05, 0) is 6.92 Å².